The highest BCUT2D eigenvalue weighted by Crippen LogP contribution is 2.35. The van der Waals surface area contributed by atoms with E-state index in [4.69, 9.17) is 15.2 Å². The second-order valence-electron chi connectivity index (χ2n) is 2.89. The van der Waals surface area contributed by atoms with Gasteiger partial charge in [-0.05, 0) is 6.07 Å². The minimum absolute atomic E-state index is 0.00111. The number of halogens is 1. The van der Waals surface area contributed by atoms with Gasteiger partial charge in [0.1, 0.15) is 5.56 Å². The summed E-state index contributed by atoms with van der Waals surface area (Å²) < 4.78 is 27.8. The Morgan fingerprint density at radius 2 is 1.81 bits per heavy atom. The number of hydrogen-bond acceptors (Lipinski definition) is 5. The molecular formula is C10H12FNO4. The number of nitrogens with two attached hydrogens (primary N) is 1. The third-order valence-corrected chi connectivity index (χ3v) is 2.02. The van der Waals surface area contributed by atoms with E-state index in [2.05, 4.69) is 4.74 Å². The average molecular weight is 229 g/mol. The summed E-state index contributed by atoms with van der Waals surface area (Å²) in [5, 5.41) is 0. The van der Waals surface area contributed by atoms with Crippen LogP contribution in [0.15, 0.2) is 6.07 Å². The second kappa shape index (κ2) is 4.69. The molecular weight excluding hydrogens is 217 g/mol. The Balaban J connectivity index is 3.46. The molecule has 0 saturated carbocycles. The number of benzene rings is 1. The summed E-state index contributed by atoms with van der Waals surface area (Å²) in [7, 11) is 3.69. The normalized spacial score (nSPS) is 9.75. The molecule has 0 aliphatic rings. The van der Waals surface area contributed by atoms with Gasteiger partial charge in [0.25, 0.3) is 0 Å². The second-order valence-corrected chi connectivity index (χ2v) is 2.89. The van der Waals surface area contributed by atoms with Gasteiger partial charge in [-0.2, -0.15) is 4.39 Å². The standard InChI is InChI=1S/C10H12FNO4/c1-14-8-5(10(13)16-3)4-6(12)9(15-2)7(8)11/h4H,12H2,1-3H3. The van der Waals surface area contributed by atoms with E-state index in [0.717, 1.165) is 0 Å². The lowest BCUT2D eigenvalue weighted by Crippen LogP contribution is -2.08. The third kappa shape index (κ3) is 1.86. The Bertz CT molecular complexity index is 420. The summed E-state index contributed by atoms with van der Waals surface area (Å²) in [6.07, 6.45) is 0. The number of anilines is 1. The summed E-state index contributed by atoms with van der Waals surface area (Å²) in [6.45, 7) is 0. The monoisotopic (exact) mass is 229 g/mol. The molecule has 2 N–H and O–H groups in total. The number of carbonyl (C=O) groups is 1. The van der Waals surface area contributed by atoms with Crippen LogP contribution in [0.3, 0.4) is 0 Å². The van der Waals surface area contributed by atoms with Gasteiger partial charge in [-0.15, -0.1) is 0 Å². The van der Waals surface area contributed by atoms with Crippen molar-refractivity contribution in [1.82, 2.24) is 0 Å². The fraction of sp³-hybridized carbons (Fsp3) is 0.300. The topological polar surface area (TPSA) is 70.8 Å². The predicted octanol–water partition coefficient (Wildman–Crippen LogP) is 1.21. The fourth-order valence-corrected chi connectivity index (χ4v) is 1.30. The van der Waals surface area contributed by atoms with Crippen LogP contribution in [-0.4, -0.2) is 27.3 Å². The molecule has 0 unspecified atom stereocenters. The Morgan fingerprint density at radius 1 is 1.25 bits per heavy atom. The van der Waals surface area contributed by atoms with Crippen LogP contribution in [0.4, 0.5) is 10.1 Å². The molecule has 0 saturated heterocycles. The first kappa shape index (κ1) is 12.1. The number of rotatable bonds is 3. The first-order valence-electron chi connectivity index (χ1n) is 4.35. The van der Waals surface area contributed by atoms with Gasteiger partial charge in [0, 0.05) is 0 Å². The van der Waals surface area contributed by atoms with E-state index in [1.807, 2.05) is 0 Å². The number of carbonyl (C=O) groups excluding carboxylic acids is 1. The minimum atomic E-state index is -0.828. The molecule has 1 aromatic rings. The molecule has 16 heavy (non-hydrogen) atoms. The fourth-order valence-electron chi connectivity index (χ4n) is 1.30. The maximum Gasteiger partial charge on any atom is 0.341 e. The van der Waals surface area contributed by atoms with Crippen molar-refractivity contribution in [3.63, 3.8) is 0 Å². The van der Waals surface area contributed by atoms with E-state index in [-0.39, 0.29) is 22.7 Å². The number of nitrogen functional groups attached to an aromatic ring is 1. The highest BCUT2D eigenvalue weighted by Gasteiger charge is 2.23. The van der Waals surface area contributed by atoms with Gasteiger partial charge in [-0.3, -0.25) is 0 Å². The molecule has 0 atom stereocenters. The Kier molecular flexibility index (Phi) is 3.55. The van der Waals surface area contributed by atoms with E-state index < -0.39 is 11.8 Å². The van der Waals surface area contributed by atoms with Gasteiger partial charge in [0.2, 0.25) is 5.82 Å². The highest BCUT2D eigenvalue weighted by molar-refractivity contribution is 5.94. The zero-order valence-corrected chi connectivity index (χ0v) is 9.17. The molecule has 0 fully saturated rings. The van der Waals surface area contributed by atoms with Crippen molar-refractivity contribution < 1.29 is 23.4 Å². The summed E-state index contributed by atoms with van der Waals surface area (Å²) in [6, 6.07) is 1.24. The van der Waals surface area contributed by atoms with Crippen LogP contribution >= 0.6 is 0 Å². The Hall–Kier alpha value is -1.98. The quantitative estimate of drug-likeness (QED) is 0.623. The van der Waals surface area contributed by atoms with E-state index in [9.17, 15) is 9.18 Å². The van der Waals surface area contributed by atoms with Crippen LogP contribution in [0.25, 0.3) is 0 Å². The molecule has 88 valence electrons. The molecule has 0 spiro atoms. The van der Waals surface area contributed by atoms with Crippen molar-refractivity contribution in [2.75, 3.05) is 27.1 Å². The van der Waals surface area contributed by atoms with E-state index in [0.29, 0.717) is 0 Å². The van der Waals surface area contributed by atoms with Crippen molar-refractivity contribution in [2.45, 2.75) is 0 Å². The average Bonchev–Trinajstić information content (AvgIpc) is 2.28. The van der Waals surface area contributed by atoms with Crippen molar-refractivity contribution in [2.24, 2.45) is 0 Å². The van der Waals surface area contributed by atoms with Gasteiger partial charge < -0.3 is 19.9 Å². The van der Waals surface area contributed by atoms with E-state index in [1.54, 1.807) is 0 Å². The molecule has 0 radical (unpaired) electrons. The molecule has 6 heteroatoms. The molecule has 0 bridgehead atoms. The van der Waals surface area contributed by atoms with Gasteiger partial charge in [-0.1, -0.05) is 0 Å². The lowest BCUT2D eigenvalue weighted by atomic mass is 10.1. The van der Waals surface area contributed by atoms with Gasteiger partial charge in [0.05, 0.1) is 27.0 Å². The summed E-state index contributed by atoms with van der Waals surface area (Å²) in [5.41, 5.74) is 5.44. The van der Waals surface area contributed by atoms with Gasteiger partial charge >= 0.3 is 5.97 Å². The van der Waals surface area contributed by atoms with Crippen LogP contribution in [0.5, 0.6) is 11.5 Å². The van der Waals surface area contributed by atoms with Crippen molar-refractivity contribution in [3.8, 4) is 11.5 Å². The largest absolute Gasteiger partial charge is 0.493 e. The first-order valence-corrected chi connectivity index (χ1v) is 4.35. The first-order chi connectivity index (χ1) is 7.56. The predicted molar refractivity (Wildman–Crippen MR) is 55.3 cm³/mol. The van der Waals surface area contributed by atoms with Crippen LogP contribution in [0, 0.1) is 5.82 Å². The summed E-state index contributed by atoms with van der Waals surface area (Å²) in [4.78, 5) is 11.3. The van der Waals surface area contributed by atoms with Crippen molar-refractivity contribution in [1.29, 1.82) is 0 Å². The van der Waals surface area contributed by atoms with Crippen molar-refractivity contribution >= 4 is 11.7 Å². The molecule has 1 rings (SSSR count). The molecule has 0 aliphatic heterocycles. The van der Waals surface area contributed by atoms with Crippen LogP contribution in [0.2, 0.25) is 0 Å². The lowest BCUT2D eigenvalue weighted by Gasteiger charge is -2.12. The van der Waals surface area contributed by atoms with E-state index in [1.165, 1.54) is 27.4 Å². The third-order valence-electron chi connectivity index (χ3n) is 2.02. The lowest BCUT2D eigenvalue weighted by molar-refractivity contribution is 0.0596. The molecule has 1 aromatic carbocycles. The Morgan fingerprint density at radius 3 is 2.25 bits per heavy atom. The molecule has 0 amide bonds. The SMILES string of the molecule is COC(=O)c1cc(N)c(OC)c(F)c1OC. The zero-order chi connectivity index (χ0) is 12.3. The Labute approximate surface area is 91.9 Å². The van der Waals surface area contributed by atoms with Gasteiger partial charge in [0.15, 0.2) is 11.5 Å². The minimum Gasteiger partial charge on any atom is -0.493 e. The summed E-state index contributed by atoms with van der Waals surface area (Å²) >= 11 is 0. The van der Waals surface area contributed by atoms with Crippen molar-refractivity contribution in [3.05, 3.63) is 17.4 Å². The summed E-state index contributed by atoms with van der Waals surface area (Å²) in [5.74, 6) is -1.97. The number of hydrogen-bond donors (Lipinski definition) is 1. The molecule has 0 heterocycles. The number of esters is 1. The zero-order valence-electron chi connectivity index (χ0n) is 9.17. The highest BCUT2D eigenvalue weighted by atomic mass is 19.1. The van der Waals surface area contributed by atoms with Crippen LogP contribution < -0.4 is 15.2 Å². The smallest absolute Gasteiger partial charge is 0.341 e. The van der Waals surface area contributed by atoms with E-state index >= 15 is 0 Å². The number of methoxy groups -OCH3 is 3. The van der Waals surface area contributed by atoms with Crippen LogP contribution in [0.1, 0.15) is 10.4 Å². The number of ether oxygens (including phenoxy) is 3. The molecule has 0 aliphatic carbocycles. The molecule has 0 aromatic heterocycles. The van der Waals surface area contributed by atoms with Crippen LogP contribution in [-0.2, 0) is 4.74 Å². The van der Waals surface area contributed by atoms with Gasteiger partial charge in [-0.25, -0.2) is 4.79 Å². The maximum absolute atomic E-state index is 13.8. The molecule has 5 nitrogen and oxygen atoms in total. The maximum atomic E-state index is 13.8.